The number of aryl methyl sites for hydroxylation is 2. The molecule has 1 N–H and O–H groups in total. The third-order valence-electron chi connectivity index (χ3n) is 4.07. The SMILES string of the molecule is Cc1cc(CNC(=O)c2cc(C)nc(CC(=O)C(C)C)c2)cc(OC(F)(F)F)c1. The second-order valence-electron chi connectivity index (χ2n) is 7.17. The molecule has 8 heteroatoms. The van der Waals surface area contributed by atoms with Crippen molar-refractivity contribution in [1.29, 1.82) is 0 Å². The molecule has 0 saturated heterocycles. The lowest BCUT2D eigenvalue weighted by atomic mass is 10.0. The van der Waals surface area contributed by atoms with Gasteiger partial charge in [-0.05, 0) is 49.2 Å². The number of carbonyl (C=O) groups is 2. The molecule has 0 atom stereocenters. The summed E-state index contributed by atoms with van der Waals surface area (Å²) in [5, 5.41) is 2.67. The summed E-state index contributed by atoms with van der Waals surface area (Å²) in [4.78, 5) is 28.7. The molecular formula is C21H23F3N2O3. The number of rotatable bonds is 7. The molecule has 0 aliphatic heterocycles. The maximum Gasteiger partial charge on any atom is 0.573 e. The standard InChI is InChI=1S/C21H23F3N2O3/c1-12(2)19(27)10-17-9-16(7-14(4)26-17)20(28)25-11-15-5-13(3)6-18(8-15)29-21(22,23)24/h5-9,12H,10-11H2,1-4H3,(H,25,28). The monoisotopic (exact) mass is 408 g/mol. The highest BCUT2D eigenvalue weighted by atomic mass is 19.4. The first-order valence-electron chi connectivity index (χ1n) is 9.07. The Balaban J connectivity index is 2.11. The number of Topliss-reactive ketones (excluding diaryl/α,β-unsaturated/α-hetero) is 1. The van der Waals surface area contributed by atoms with Crippen LogP contribution in [-0.4, -0.2) is 23.0 Å². The molecule has 1 aromatic carbocycles. The highest BCUT2D eigenvalue weighted by molar-refractivity contribution is 5.94. The minimum Gasteiger partial charge on any atom is -0.406 e. The Hall–Kier alpha value is -2.90. The topological polar surface area (TPSA) is 68.3 Å². The van der Waals surface area contributed by atoms with Crippen molar-refractivity contribution in [3.05, 3.63) is 58.4 Å². The molecule has 0 unspecified atom stereocenters. The number of nitrogens with one attached hydrogen (secondary N) is 1. The molecule has 5 nitrogen and oxygen atoms in total. The van der Waals surface area contributed by atoms with Crippen molar-refractivity contribution in [2.45, 2.75) is 47.0 Å². The molecule has 1 aromatic heterocycles. The van der Waals surface area contributed by atoms with Gasteiger partial charge in [0.2, 0.25) is 0 Å². The zero-order valence-corrected chi connectivity index (χ0v) is 16.7. The minimum absolute atomic E-state index is 0.0198. The van der Waals surface area contributed by atoms with Gasteiger partial charge in [-0.25, -0.2) is 0 Å². The van der Waals surface area contributed by atoms with E-state index in [0.29, 0.717) is 28.1 Å². The van der Waals surface area contributed by atoms with Crippen LogP contribution in [0.5, 0.6) is 5.75 Å². The highest BCUT2D eigenvalue weighted by Gasteiger charge is 2.31. The quantitative estimate of drug-likeness (QED) is 0.742. The molecule has 156 valence electrons. The number of amides is 1. The molecule has 1 amide bonds. The molecule has 29 heavy (non-hydrogen) atoms. The van der Waals surface area contributed by atoms with Crippen molar-refractivity contribution in [3.63, 3.8) is 0 Å². The van der Waals surface area contributed by atoms with Crippen LogP contribution >= 0.6 is 0 Å². The van der Waals surface area contributed by atoms with Gasteiger partial charge in [0.25, 0.3) is 5.91 Å². The number of hydrogen-bond donors (Lipinski definition) is 1. The summed E-state index contributed by atoms with van der Waals surface area (Å²) in [6.07, 6.45) is -4.65. The smallest absolute Gasteiger partial charge is 0.406 e. The second-order valence-corrected chi connectivity index (χ2v) is 7.17. The first-order valence-corrected chi connectivity index (χ1v) is 9.07. The first-order chi connectivity index (χ1) is 13.4. The van der Waals surface area contributed by atoms with E-state index in [2.05, 4.69) is 15.0 Å². The van der Waals surface area contributed by atoms with Crippen LogP contribution < -0.4 is 10.1 Å². The van der Waals surface area contributed by atoms with E-state index < -0.39 is 12.3 Å². The Morgan fingerprint density at radius 2 is 1.79 bits per heavy atom. The number of alkyl halides is 3. The molecule has 0 aliphatic carbocycles. The number of ether oxygens (including phenoxy) is 1. The fourth-order valence-corrected chi connectivity index (χ4v) is 2.75. The van der Waals surface area contributed by atoms with E-state index in [9.17, 15) is 22.8 Å². The van der Waals surface area contributed by atoms with Gasteiger partial charge in [-0.2, -0.15) is 0 Å². The molecule has 2 rings (SSSR count). The Morgan fingerprint density at radius 3 is 2.41 bits per heavy atom. The zero-order valence-electron chi connectivity index (χ0n) is 16.7. The average Bonchev–Trinajstić information content (AvgIpc) is 2.57. The fraction of sp³-hybridized carbons (Fsp3) is 0.381. The van der Waals surface area contributed by atoms with Gasteiger partial charge in [0, 0.05) is 35.8 Å². The fourth-order valence-electron chi connectivity index (χ4n) is 2.75. The average molecular weight is 408 g/mol. The summed E-state index contributed by atoms with van der Waals surface area (Å²) in [5.74, 6) is -0.861. The van der Waals surface area contributed by atoms with Crippen LogP contribution in [-0.2, 0) is 17.8 Å². The molecule has 1 heterocycles. The highest BCUT2D eigenvalue weighted by Crippen LogP contribution is 2.25. The van der Waals surface area contributed by atoms with Gasteiger partial charge in [-0.1, -0.05) is 19.9 Å². The Morgan fingerprint density at radius 1 is 1.10 bits per heavy atom. The number of hydrogen-bond acceptors (Lipinski definition) is 4. The maximum atomic E-state index is 12.5. The lowest BCUT2D eigenvalue weighted by Gasteiger charge is -2.12. The summed E-state index contributed by atoms with van der Waals surface area (Å²) in [6, 6.07) is 7.30. The number of pyridine rings is 1. The van der Waals surface area contributed by atoms with Crippen molar-refractivity contribution < 1.29 is 27.5 Å². The first kappa shape index (κ1) is 22.4. The van der Waals surface area contributed by atoms with E-state index in [4.69, 9.17) is 0 Å². The summed E-state index contributed by atoms with van der Waals surface area (Å²) in [7, 11) is 0. The van der Waals surface area contributed by atoms with Crippen LogP contribution in [0.25, 0.3) is 0 Å². The second kappa shape index (κ2) is 9.07. The number of halogens is 3. The summed E-state index contributed by atoms with van der Waals surface area (Å²) < 4.78 is 41.3. The number of benzene rings is 1. The Kier molecular flexibility index (Phi) is 7.00. The third-order valence-corrected chi connectivity index (χ3v) is 4.07. The van der Waals surface area contributed by atoms with Crippen molar-refractivity contribution >= 4 is 11.7 Å². The van der Waals surface area contributed by atoms with E-state index >= 15 is 0 Å². The van der Waals surface area contributed by atoms with Gasteiger partial charge in [-0.3, -0.25) is 14.6 Å². The number of carbonyl (C=O) groups excluding carboxylic acids is 2. The van der Waals surface area contributed by atoms with Crippen LogP contribution in [0.3, 0.4) is 0 Å². The molecule has 2 aromatic rings. The van der Waals surface area contributed by atoms with Gasteiger partial charge in [0.1, 0.15) is 11.5 Å². The van der Waals surface area contributed by atoms with E-state index in [0.717, 1.165) is 0 Å². The maximum absolute atomic E-state index is 12.5. The lowest BCUT2D eigenvalue weighted by Crippen LogP contribution is -2.24. The molecule has 0 aliphatic rings. The van der Waals surface area contributed by atoms with Crippen LogP contribution in [0.4, 0.5) is 13.2 Å². The Bertz CT molecular complexity index is 909. The number of ketones is 1. The predicted molar refractivity (Wildman–Crippen MR) is 102 cm³/mol. The number of aromatic nitrogens is 1. The van der Waals surface area contributed by atoms with E-state index in [1.54, 1.807) is 45.9 Å². The van der Waals surface area contributed by atoms with Gasteiger partial charge >= 0.3 is 6.36 Å². The van der Waals surface area contributed by atoms with Crippen LogP contribution in [0.15, 0.2) is 30.3 Å². The molecule has 0 radical (unpaired) electrons. The summed E-state index contributed by atoms with van der Waals surface area (Å²) in [6.45, 7) is 6.98. The molecule has 0 spiro atoms. The van der Waals surface area contributed by atoms with Gasteiger partial charge in [0.05, 0.1) is 0 Å². The van der Waals surface area contributed by atoms with Gasteiger partial charge in [-0.15, -0.1) is 13.2 Å². The Labute approximate surface area is 167 Å². The van der Waals surface area contributed by atoms with Crippen molar-refractivity contribution in [2.75, 3.05) is 0 Å². The van der Waals surface area contributed by atoms with Crippen LogP contribution in [0.2, 0.25) is 0 Å². The largest absolute Gasteiger partial charge is 0.573 e. The molecular weight excluding hydrogens is 385 g/mol. The summed E-state index contributed by atoms with van der Waals surface area (Å²) in [5.41, 5.74) is 2.48. The normalized spacial score (nSPS) is 11.4. The van der Waals surface area contributed by atoms with Crippen LogP contribution in [0.1, 0.15) is 46.7 Å². The molecule has 0 saturated carbocycles. The molecule has 0 fully saturated rings. The van der Waals surface area contributed by atoms with Crippen LogP contribution in [0, 0.1) is 19.8 Å². The van der Waals surface area contributed by atoms with Crippen molar-refractivity contribution in [2.24, 2.45) is 5.92 Å². The zero-order chi connectivity index (χ0) is 21.8. The predicted octanol–water partition coefficient (Wildman–Crippen LogP) is 4.29. The summed E-state index contributed by atoms with van der Waals surface area (Å²) >= 11 is 0. The molecule has 0 bridgehead atoms. The third kappa shape index (κ3) is 7.21. The van der Waals surface area contributed by atoms with Crippen molar-refractivity contribution in [1.82, 2.24) is 10.3 Å². The van der Waals surface area contributed by atoms with E-state index in [-0.39, 0.29) is 30.4 Å². The lowest BCUT2D eigenvalue weighted by molar-refractivity contribution is -0.274. The van der Waals surface area contributed by atoms with E-state index in [1.165, 1.54) is 12.1 Å². The van der Waals surface area contributed by atoms with E-state index in [1.807, 2.05) is 0 Å². The van der Waals surface area contributed by atoms with Crippen molar-refractivity contribution in [3.8, 4) is 5.75 Å². The number of nitrogens with zero attached hydrogens (tertiary/aromatic N) is 1. The van der Waals surface area contributed by atoms with Gasteiger partial charge < -0.3 is 10.1 Å². The van der Waals surface area contributed by atoms with Gasteiger partial charge in [0.15, 0.2) is 0 Å². The minimum atomic E-state index is -4.79.